The highest BCUT2D eigenvalue weighted by atomic mass is 16.6. The van der Waals surface area contributed by atoms with Gasteiger partial charge in [0.25, 0.3) is 5.69 Å². The van der Waals surface area contributed by atoms with Crippen molar-refractivity contribution in [2.24, 2.45) is 23.0 Å². The van der Waals surface area contributed by atoms with Gasteiger partial charge in [-0.2, -0.15) is 0 Å². The standard InChI is InChI=1S/C17H26N2O2/c1-17(2,3)14-8-9-15(18)13(11-14)10-12-6-4-5-7-16(12)19(20)21/h4-7,13-15H,8-11,18H2,1-3H3. The van der Waals surface area contributed by atoms with Crippen LogP contribution in [0.1, 0.15) is 45.6 Å². The molecule has 21 heavy (non-hydrogen) atoms. The topological polar surface area (TPSA) is 69.2 Å². The molecule has 4 nitrogen and oxygen atoms in total. The zero-order valence-corrected chi connectivity index (χ0v) is 13.2. The summed E-state index contributed by atoms with van der Waals surface area (Å²) >= 11 is 0. The number of nitrogens with zero attached hydrogens (tertiary/aromatic N) is 1. The molecule has 1 aliphatic carbocycles. The summed E-state index contributed by atoms with van der Waals surface area (Å²) in [7, 11) is 0. The van der Waals surface area contributed by atoms with E-state index in [1.165, 1.54) is 0 Å². The van der Waals surface area contributed by atoms with Crippen molar-refractivity contribution < 1.29 is 4.92 Å². The Morgan fingerprint density at radius 3 is 2.57 bits per heavy atom. The van der Waals surface area contributed by atoms with Gasteiger partial charge in [0.2, 0.25) is 0 Å². The molecule has 1 aromatic carbocycles. The molecular formula is C17H26N2O2. The zero-order chi connectivity index (χ0) is 15.6. The number of rotatable bonds is 3. The molecule has 0 amide bonds. The molecule has 2 rings (SSSR count). The van der Waals surface area contributed by atoms with E-state index in [4.69, 9.17) is 5.73 Å². The third-order valence-electron chi connectivity index (χ3n) is 4.94. The van der Waals surface area contributed by atoms with Crippen LogP contribution < -0.4 is 5.73 Å². The Bertz CT molecular complexity index is 508. The molecule has 0 aromatic heterocycles. The van der Waals surface area contributed by atoms with Gasteiger partial charge in [-0.3, -0.25) is 10.1 Å². The van der Waals surface area contributed by atoms with E-state index in [1.54, 1.807) is 12.1 Å². The van der Waals surface area contributed by atoms with Gasteiger partial charge in [-0.1, -0.05) is 39.0 Å². The van der Waals surface area contributed by atoms with Crippen molar-refractivity contribution in [3.05, 3.63) is 39.9 Å². The predicted octanol–water partition coefficient (Wildman–Crippen LogP) is 3.93. The second-order valence-corrected chi connectivity index (χ2v) is 7.39. The van der Waals surface area contributed by atoms with Gasteiger partial charge in [0, 0.05) is 17.7 Å². The van der Waals surface area contributed by atoms with Crippen LogP contribution in [0.15, 0.2) is 24.3 Å². The van der Waals surface area contributed by atoms with Crippen molar-refractivity contribution in [1.29, 1.82) is 0 Å². The lowest BCUT2D eigenvalue weighted by atomic mass is 9.66. The molecule has 116 valence electrons. The first kappa shape index (κ1) is 16.0. The summed E-state index contributed by atoms with van der Waals surface area (Å²) in [6.07, 6.45) is 3.97. The largest absolute Gasteiger partial charge is 0.327 e. The molecule has 3 unspecified atom stereocenters. The lowest BCUT2D eigenvalue weighted by Crippen LogP contribution is -2.40. The molecule has 1 saturated carbocycles. The van der Waals surface area contributed by atoms with Crippen molar-refractivity contribution in [2.75, 3.05) is 0 Å². The Labute approximate surface area is 126 Å². The molecule has 1 aliphatic rings. The van der Waals surface area contributed by atoms with Crippen LogP contribution in [0.4, 0.5) is 5.69 Å². The van der Waals surface area contributed by atoms with Crippen molar-refractivity contribution in [3.8, 4) is 0 Å². The minimum Gasteiger partial charge on any atom is -0.327 e. The quantitative estimate of drug-likeness (QED) is 0.677. The highest BCUT2D eigenvalue weighted by Gasteiger charge is 2.35. The highest BCUT2D eigenvalue weighted by molar-refractivity contribution is 5.40. The monoisotopic (exact) mass is 290 g/mol. The molecule has 3 atom stereocenters. The number of hydrogen-bond donors (Lipinski definition) is 1. The van der Waals surface area contributed by atoms with E-state index in [2.05, 4.69) is 20.8 Å². The van der Waals surface area contributed by atoms with Crippen LogP contribution in [0, 0.1) is 27.4 Å². The molecule has 1 aromatic rings. The molecular weight excluding hydrogens is 264 g/mol. The SMILES string of the molecule is CC(C)(C)C1CCC(N)C(Cc2ccccc2[N+](=O)[O-])C1. The normalized spacial score (nSPS) is 26.6. The first-order valence-corrected chi connectivity index (χ1v) is 7.77. The molecule has 4 heteroatoms. The van der Waals surface area contributed by atoms with Crippen LogP contribution in [0.5, 0.6) is 0 Å². The Morgan fingerprint density at radius 1 is 1.29 bits per heavy atom. The number of nitro benzene ring substituents is 1. The summed E-state index contributed by atoms with van der Waals surface area (Å²) in [5, 5.41) is 11.1. The maximum atomic E-state index is 11.1. The fourth-order valence-corrected chi connectivity index (χ4v) is 3.45. The molecule has 0 aliphatic heterocycles. The Kier molecular flexibility index (Phi) is 4.67. The minimum atomic E-state index is -0.287. The Hall–Kier alpha value is -1.42. The summed E-state index contributed by atoms with van der Waals surface area (Å²) in [6, 6.07) is 7.21. The lowest BCUT2D eigenvalue weighted by molar-refractivity contribution is -0.385. The second kappa shape index (κ2) is 6.14. The number of hydrogen-bond acceptors (Lipinski definition) is 3. The molecule has 0 spiro atoms. The molecule has 2 N–H and O–H groups in total. The van der Waals surface area contributed by atoms with Crippen molar-refractivity contribution in [3.63, 3.8) is 0 Å². The zero-order valence-electron chi connectivity index (χ0n) is 13.2. The number of nitrogens with two attached hydrogens (primary N) is 1. The van der Waals surface area contributed by atoms with E-state index in [1.807, 2.05) is 12.1 Å². The van der Waals surface area contributed by atoms with Gasteiger partial charge in [0.05, 0.1) is 4.92 Å². The van der Waals surface area contributed by atoms with E-state index in [0.29, 0.717) is 18.3 Å². The fraction of sp³-hybridized carbons (Fsp3) is 0.647. The Balaban J connectivity index is 2.16. The molecule has 0 saturated heterocycles. The van der Waals surface area contributed by atoms with E-state index in [9.17, 15) is 10.1 Å². The predicted molar refractivity (Wildman–Crippen MR) is 85.1 cm³/mol. The van der Waals surface area contributed by atoms with E-state index in [0.717, 1.165) is 24.8 Å². The van der Waals surface area contributed by atoms with Crippen LogP contribution in [-0.4, -0.2) is 11.0 Å². The summed E-state index contributed by atoms with van der Waals surface area (Å²) in [6.45, 7) is 6.82. The minimum absolute atomic E-state index is 0.156. The summed E-state index contributed by atoms with van der Waals surface area (Å²) in [5.74, 6) is 0.981. The second-order valence-electron chi connectivity index (χ2n) is 7.39. The first-order valence-electron chi connectivity index (χ1n) is 7.77. The Morgan fingerprint density at radius 2 is 1.95 bits per heavy atom. The third kappa shape index (κ3) is 3.82. The fourth-order valence-electron chi connectivity index (χ4n) is 3.45. The third-order valence-corrected chi connectivity index (χ3v) is 4.94. The van der Waals surface area contributed by atoms with E-state index in [-0.39, 0.29) is 22.1 Å². The van der Waals surface area contributed by atoms with Gasteiger partial charge in [-0.15, -0.1) is 0 Å². The summed E-state index contributed by atoms with van der Waals surface area (Å²) in [5.41, 5.74) is 7.61. The maximum absolute atomic E-state index is 11.1. The van der Waals surface area contributed by atoms with E-state index >= 15 is 0 Å². The van der Waals surface area contributed by atoms with E-state index < -0.39 is 0 Å². The van der Waals surface area contributed by atoms with Crippen molar-refractivity contribution in [2.45, 2.75) is 52.5 Å². The maximum Gasteiger partial charge on any atom is 0.272 e. The number of nitro groups is 1. The lowest BCUT2D eigenvalue weighted by Gasteiger charge is -2.40. The van der Waals surface area contributed by atoms with Gasteiger partial charge in [0.1, 0.15) is 0 Å². The average molecular weight is 290 g/mol. The van der Waals surface area contributed by atoms with Crippen LogP contribution in [-0.2, 0) is 6.42 Å². The molecule has 0 radical (unpaired) electrons. The first-order chi connectivity index (χ1) is 9.79. The van der Waals surface area contributed by atoms with Gasteiger partial charge in [-0.25, -0.2) is 0 Å². The summed E-state index contributed by atoms with van der Waals surface area (Å²) in [4.78, 5) is 10.9. The van der Waals surface area contributed by atoms with Gasteiger partial charge in [-0.05, 0) is 42.9 Å². The van der Waals surface area contributed by atoms with Crippen LogP contribution in [0.25, 0.3) is 0 Å². The molecule has 1 fully saturated rings. The van der Waals surface area contributed by atoms with Crippen LogP contribution >= 0.6 is 0 Å². The number of para-hydroxylation sites is 1. The molecule has 0 heterocycles. The number of benzene rings is 1. The van der Waals surface area contributed by atoms with Gasteiger partial charge >= 0.3 is 0 Å². The van der Waals surface area contributed by atoms with Crippen LogP contribution in [0.3, 0.4) is 0 Å². The summed E-state index contributed by atoms with van der Waals surface area (Å²) < 4.78 is 0. The van der Waals surface area contributed by atoms with Crippen molar-refractivity contribution >= 4 is 5.69 Å². The van der Waals surface area contributed by atoms with Gasteiger partial charge < -0.3 is 5.73 Å². The smallest absolute Gasteiger partial charge is 0.272 e. The molecule has 0 bridgehead atoms. The highest BCUT2D eigenvalue weighted by Crippen LogP contribution is 2.41. The average Bonchev–Trinajstić information content (AvgIpc) is 2.40. The van der Waals surface area contributed by atoms with Crippen LogP contribution in [0.2, 0.25) is 0 Å². The van der Waals surface area contributed by atoms with Crippen molar-refractivity contribution in [1.82, 2.24) is 0 Å². The van der Waals surface area contributed by atoms with Gasteiger partial charge in [0.15, 0.2) is 0 Å².